The van der Waals surface area contributed by atoms with Crippen LogP contribution in [0.5, 0.6) is 0 Å². The molecule has 0 unspecified atom stereocenters. The third-order valence-electron chi connectivity index (χ3n) is 8.96. The van der Waals surface area contributed by atoms with Gasteiger partial charge in [0.05, 0.1) is 6.26 Å². The van der Waals surface area contributed by atoms with Crippen molar-refractivity contribution in [2.75, 3.05) is 0 Å². The quantitative estimate of drug-likeness (QED) is 0.390. The fourth-order valence-electron chi connectivity index (χ4n) is 7.39. The molecule has 4 aliphatic carbocycles. The largest absolute Gasteiger partial charge is 0.515 e. The lowest BCUT2D eigenvalue weighted by Gasteiger charge is -2.57. The Morgan fingerprint density at radius 2 is 1.93 bits per heavy atom. The van der Waals surface area contributed by atoms with Crippen LogP contribution in [-0.4, -0.2) is 22.5 Å². The summed E-state index contributed by atoms with van der Waals surface area (Å²) < 4.78 is 5.98. The van der Waals surface area contributed by atoms with Gasteiger partial charge in [0.15, 0.2) is 5.78 Å². The fourth-order valence-corrected chi connectivity index (χ4v) is 7.39. The highest BCUT2D eigenvalue weighted by Gasteiger charge is 2.66. The standard InChI is InChI=1S/C23H28O4/c1-21-12-14(13-24)19(25)11-15(21)3-4-16-17(21)5-8-22(2)18(16)6-9-23(22)10-7-20(26)27-23/h3-4,11,13,16-18,24H,5-10,12H2,1-2H3/b14-13-/t16-,17+,18+,21+,22+,23-/m1/s1. The Morgan fingerprint density at radius 3 is 2.63 bits per heavy atom. The van der Waals surface area contributed by atoms with Gasteiger partial charge in [-0.05, 0) is 67.9 Å². The van der Waals surface area contributed by atoms with E-state index in [1.807, 2.05) is 0 Å². The van der Waals surface area contributed by atoms with Crippen molar-refractivity contribution in [1.82, 2.24) is 0 Å². The first-order valence-electron chi connectivity index (χ1n) is 10.3. The molecular formula is C23H28O4. The zero-order chi connectivity index (χ0) is 19.0. The molecule has 0 aromatic rings. The summed E-state index contributed by atoms with van der Waals surface area (Å²) in [7, 11) is 0. The summed E-state index contributed by atoms with van der Waals surface area (Å²) in [5.41, 5.74) is 1.32. The molecule has 6 atom stereocenters. The van der Waals surface area contributed by atoms with Crippen LogP contribution in [0.2, 0.25) is 0 Å². The predicted octanol–water partition coefficient (Wildman–Crippen LogP) is 4.42. The first-order valence-corrected chi connectivity index (χ1v) is 10.3. The SMILES string of the molecule is C[C@]12C/C(=C/O)C(=O)C=C1C=C[C@@H]1[C@@H]2CC[C@@]2(C)[C@H]1CC[C@@]21CCC(=O)O1. The molecule has 0 radical (unpaired) electrons. The van der Waals surface area contributed by atoms with Crippen molar-refractivity contribution < 1.29 is 19.4 Å². The lowest BCUT2D eigenvalue weighted by molar-refractivity contribution is -0.165. The summed E-state index contributed by atoms with van der Waals surface area (Å²) in [6.45, 7) is 4.61. The van der Waals surface area contributed by atoms with Crippen LogP contribution in [0.4, 0.5) is 0 Å². The molecule has 5 aliphatic rings. The van der Waals surface area contributed by atoms with E-state index in [1.165, 1.54) is 0 Å². The second-order valence-electron chi connectivity index (χ2n) is 9.83. The predicted molar refractivity (Wildman–Crippen MR) is 101 cm³/mol. The van der Waals surface area contributed by atoms with Gasteiger partial charge in [0.1, 0.15) is 5.60 Å². The summed E-state index contributed by atoms with van der Waals surface area (Å²) in [5, 5.41) is 9.54. The van der Waals surface area contributed by atoms with Crippen LogP contribution in [-0.2, 0) is 14.3 Å². The molecule has 27 heavy (non-hydrogen) atoms. The summed E-state index contributed by atoms with van der Waals surface area (Å²) in [5.74, 6) is 1.32. The Bertz CT molecular complexity index is 820. The van der Waals surface area contributed by atoms with Crippen molar-refractivity contribution in [2.45, 2.75) is 64.4 Å². The summed E-state index contributed by atoms with van der Waals surface area (Å²) in [6, 6.07) is 0. The first kappa shape index (κ1) is 17.3. The van der Waals surface area contributed by atoms with Gasteiger partial charge in [-0.2, -0.15) is 0 Å². The number of aliphatic hydroxyl groups is 1. The molecule has 144 valence electrons. The molecule has 1 aliphatic heterocycles. The van der Waals surface area contributed by atoms with Crippen LogP contribution in [0, 0.1) is 28.6 Å². The Morgan fingerprint density at radius 1 is 1.15 bits per heavy atom. The van der Waals surface area contributed by atoms with E-state index in [-0.39, 0.29) is 28.2 Å². The molecule has 0 amide bonds. The van der Waals surface area contributed by atoms with Gasteiger partial charge in [0.25, 0.3) is 0 Å². The molecule has 4 nitrogen and oxygen atoms in total. The molecule has 1 heterocycles. The van der Waals surface area contributed by atoms with Crippen molar-refractivity contribution in [1.29, 1.82) is 0 Å². The van der Waals surface area contributed by atoms with Crippen molar-refractivity contribution in [3.05, 3.63) is 35.6 Å². The van der Waals surface area contributed by atoms with Crippen molar-refractivity contribution in [3.8, 4) is 0 Å². The van der Waals surface area contributed by atoms with E-state index in [0.717, 1.165) is 43.9 Å². The number of carbonyl (C=O) groups excluding carboxylic acids is 2. The Hall–Kier alpha value is -1.84. The molecule has 1 N–H and O–H groups in total. The number of carbonyl (C=O) groups is 2. The van der Waals surface area contributed by atoms with Gasteiger partial charge in [-0.25, -0.2) is 0 Å². The summed E-state index contributed by atoms with van der Waals surface area (Å²) >= 11 is 0. The smallest absolute Gasteiger partial charge is 0.306 e. The minimum atomic E-state index is -0.261. The van der Waals surface area contributed by atoms with Gasteiger partial charge in [-0.3, -0.25) is 9.59 Å². The Kier molecular flexibility index (Phi) is 3.43. The average molecular weight is 368 g/mol. The molecule has 5 rings (SSSR count). The maximum absolute atomic E-state index is 12.2. The zero-order valence-electron chi connectivity index (χ0n) is 16.2. The van der Waals surface area contributed by atoms with Crippen LogP contribution in [0.3, 0.4) is 0 Å². The van der Waals surface area contributed by atoms with Crippen LogP contribution >= 0.6 is 0 Å². The highest BCUT2D eigenvalue weighted by Crippen LogP contribution is 2.68. The van der Waals surface area contributed by atoms with Crippen molar-refractivity contribution >= 4 is 11.8 Å². The number of hydrogen-bond donors (Lipinski definition) is 1. The minimum Gasteiger partial charge on any atom is -0.515 e. The Balaban J connectivity index is 1.54. The van der Waals surface area contributed by atoms with E-state index in [4.69, 9.17) is 4.74 Å². The number of allylic oxidation sites excluding steroid dienone is 5. The van der Waals surface area contributed by atoms with Crippen LogP contribution in [0.1, 0.15) is 58.8 Å². The van der Waals surface area contributed by atoms with Crippen molar-refractivity contribution in [2.24, 2.45) is 28.6 Å². The number of aliphatic hydroxyl groups excluding tert-OH is 1. The molecular weight excluding hydrogens is 340 g/mol. The number of ether oxygens (including phenoxy) is 1. The van der Waals surface area contributed by atoms with Gasteiger partial charge < -0.3 is 9.84 Å². The minimum absolute atomic E-state index is 0.0288. The van der Waals surface area contributed by atoms with E-state index in [2.05, 4.69) is 26.0 Å². The first-order chi connectivity index (χ1) is 12.8. The third kappa shape index (κ3) is 2.05. The molecule has 3 fully saturated rings. The maximum Gasteiger partial charge on any atom is 0.306 e. The number of hydrogen-bond acceptors (Lipinski definition) is 4. The highest BCUT2D eigenvalue weighted by atomic mass is 16.6. The lowest BCUT2D eigenvalue weighted by atomic mass is 9.48. The second kappa shape index (κ2) is 5.36. The third-order valence-corrected chi connectivity index (χ3v) is 8.96. The number of rotatable bonds is 0. The molecule has 4 heteroatoms. The summed E-state index contributed by atoms with van der Waals surface area (Å²) in [6.07, 6.45) is 13.5. The Labute approximate surface area is 160 Å². The lowest BCUT2D eigenvalue weighted by Crippen LogP contribution is -2.53. The van der Waals surface area contributed by atoms with Crippen molar-refractivity contribution in [3.63, 3.8) is 0 Å². The van der Waals surface area contributed by atoms with Gasteiger partial charge in [-0.15, -0.1) is 0 Å². The van der Waals surface area contributed by atoms with E-state index in [9.17, 15) is 14.7 Å². The molecule has 0 aromatic heterocycles. The average Bonchev–Trinajstić information content (AvgIpc) is 3.16. The van der Waals surface area contributed by atoms with E-state index in [0.29, 0.717) is 36.2 Å². The second-order valence-corrected chi connectivity index (χ2v) is 9.83. The van der Waals surface area contributed by atoms with E-state index < -0.39 is 0 Å². The summed E-state index contributed by atoms with van der Waals surface area (Å²) in [4.78, 5) is 24.2. The number of fused-ring (bicyclic) bond motifs is 6. The molecule has 1 spiro atoms. The zero-order valence-corrected chi connectivity index (χ0v) is 16.2. The fraction of sp³-hybridized carbons (Fsp3) is 0.652. The number of ketones is 1. The normalized spacial score (nSPS) is 49.6. The van der Waals surface area contributed by atoms with E-state index in [1.54, 1.807) is 6.08 Å². The topological polar surface area (TPSA) is 63.6 Å². The molecule has 2 saturated carbocycles. The van der Waals surface area contributed by atoms with E-state index >= 15 is 0 Å². The van der Waals surface area contributed by atoms with Gasteiger partial charge in [0, 0.05) is 22.8 Å². The molecule has 0 bridgehead atoms. The molecule has 1 saturated heterocycles. The number of esters is 1. The van der Waals surface area contributed by atoms with Crippen LogP contribution < -0.4 is 0 Å². The molecule has 0 aromatic carbocycles. The van der Waals surface area contributed by atoms with Crippen LogP contribution in [0.25, 0.3) is 0 Å². The van der Waals surface area contributed by atoms with Gasteiger partial charge in [0.2, 0.25) is 0 Å². The van der Waals surface area contributed by atoms with Crippen LogP contribution in [0.15, 0.2) is 35.6 Å². The van der Waals surface area contributed by atoms with Gasteiger partial charge in [-0.1, -0.05) is 26.0 Å². The monoisotopic (exact) mass is 368 g/mol. The highest BCUT2D eigenvalue weighted by molar-refractivity contribution is 6.05. The van der Waals surface area contributed by atoms with Gasteiger partial charge >= 0.3 is 5.97 Å². The maximum atomic E-state index is 12.2.